The molecule has 0 spiro atoms. The molecule has 0 bridgehead atoms. The molecule has 2 heterocycles. The Hall–Kier alpha value is -0.210. The minimum absolute atomic E-state index is 0.222. The van der Waals surface area contributed by atoms with Crippen LogP contribution >= 0.6 is 0 Å². The predicted molar refractivity (Wildman–Crippen MR) is 83.9 cm³/mol. The van der Waals surface area contributed by atoms with Crippen LogP contribution in [-0.2, 0) is 14.8 Å². The van der Waals surface area contributed by atoms with Gasteiger partial charge >= 0.3 is 0 Å². The van der Waals surface area contributed by atoms with Crippen LogP contribution in [0.2, 0.25) is 0 Å². The molecule has 0 amide bonds. The first-order chi connectivity index (χ1) is 9.97. The summed E-state index contributed by atoms with van der Waals surface area (Å²) in [5, 5.41) is 0. The van der Waals surface area contributed by atoms with E-state index in [4.69, 9.17) is 4.74 Å². The minimum atomic E-state index is -3.07. The number of nitrogens with zero attached hydrogens (tertiary/aromatic N) is 3. The first-order valence-corrected chi connectivity index (χ1v) is 9.51. The van der Waals surface area contributed by atoms with Crippen molar-refractivity contribution in [1.29, 1.82) is 0 Å². The molecule has 0 N–H and O–H groups in total. The maximum absolute atomic E-state index is 11.8. The van der Waals surface area contributed by atoms with Crippen LogP contribution in [0.4, 0.5) is 0 Å². The first-order valence-electron chi connectivity index (χ1n) is 7.90. The van der Waals surface area contributed by atoms with Gasteiger partial charge in [-0.05, 0) is 18.8 Å². The van der Waals surface area contributed by atoms with Crippen LogP contribution in [0.3, 0.4) is 0 Å². The van der Waals surface area contributed by atoms with E-state index in [0.29, 0.717) is 6.54 Å². The van der Waals surface area contributed by atoms with Crippen molar-refractivity contribution in [1.82, 2.24) is 14.1 Å². The Morgan fingerprint density at radius 3 is 2.19 bits per heavy atom. The van der Waals surface area contributed by atoms with Crippen molar-refractivity contribution in [3.8, 4) is 0 Å². The molecule has 0 radical (unpaired) electrons. The molecular weight excluding hydrogens is 290 g/mol. The maximum atomic E-state index is 11.8. The molecule has 0 aromatic rings. The predicted octanol–water partition coefficient (Wildman–Crippen LogP) is -0.0780. The molecule has 6 nitrogen and oxygen atoms in total. The number of ether oxygens (including phenoxy) is 1. The zero-order valence-corrected chi connectivity index (χ0v) is 14.1. The number of hydrogen-bond donors (Lipinski definition) is 0. The molecule has 2 fully saturated rings. The summed E-state index contributed by atoms with van der Waals surface area (Å²) >= 11 is 0. The van der Waals surface area contributed by atoms with E-state index >= 15 is 0 Å². The van der Waals surface area contributed by atoms with Gasteiger partial charge in [-0.2, -0.15) is 0 Å². The Balaban J connectivity index is 1.66. The van der Waals surface area contributed by atoms with Gasteiger partial charge in [0.15, 0.2) is 0 Å². The van der Waals surface area contributed by atoms with Crippen LogP contribution in [0, 0.1) is 5.92 Å². The van der Waals surface area contributed by atoms with Gasteiger partial charge in [0, 0.05) is 66.6 Å². The third-order valence-corrected chi connectivity index (χ3v) is 6.36. The topological polar surface area (TPSA) is 53.1 Å². The van der Waals surface area contributed by atoms with E-state index in [2.05, 4.69) is 9.80 Å². The van der Waals surface area contributed by atoms with E-state index in [1.54, 1.807) is 14.1 Å². The molecule has 0 aliphatic carbocycles. The molecular formula is C14H29N3O3S. The molecule has 0 atom stereocenters. The van der Waals surface area contributed by atoms with Crippen molar-refractivity contribution >= 4 is 10.0 Å². The van der Waals surface area contributed by atoms with Crippen molar-refractivity contribution in [3.05, 3.63) is 0 Å². The summed E-state index contributed by atoms with van der Waals surface area (Å²) in [6.07, 6.45) is 2.36. The fraction of sp³-hybridized carbons (Fsp3) is 1.00. The van der Waals surface area contributed by atoms with E-state index in [9.17, 15) is 8.42 Å². The minimum Gasteiger partial charge on any atom is -0.381 e. The van der Waals surface area contributed by atoms with Crippen LogP contribution in [0.15, 0.2) is 0 Å². The van der Waals surface area contributed by atoms with Crippen molar-refractivity contribution < 1.29 is 13.2 Å². The fourth-order valence-corrected chi connectivity index (χ4v) is 3.77. The molecule has 0 aromatic heterocycles. The van der Waals surface area contributed by atoms with Crippen LogP contribution < -0.4 is 0 Å². The van der Waals surface area contributed by atoms with E-state index in [1.807, 2.05) is 0 Å². The largest absolute Gasteiger partial charge is 0.381 e. The number of rotatable bonds is 6. The molecule has 2 rings (SSSR count). The van der Waals surface area contributed by atoms with E-state index < -0.39 is 10.0 Å². The lowest BCUT2D eigenvalue weighted by molar-refractivity contribution is 0.0429. The van der Waals surface area contributed by atoms with Gasteiger partial charge < -0.3 is 9.64 Å². The van der Waals surface area contributed by atoms with Gasteiger partial charge in [0.2, 0.25) is 10.0 Å². The second-order valence-corrected chi connectivity index (χ2v) is 8.60. The SMILES string of the molecule is CN(C)S(=O)(=O)CCN1CCN(CC2CCOCC2)CC1. The van der Waals surface area contributed by atoms with Gasteiger partial charge in [-0.15, -0.1) is 0 Å². The lowest BCUT2D eigenvalue weighted by atomic mass is 9.99. The van der Waals surface area contributed by atoms with E-state index in [0.717, 1.165) is 45.3 Å². The van der Waals surface area contributed by atoms with Crippen LogP contribution in [0.5, 0.6) is 0 Å². The average molecular weight is 319 g/mol. The van der Waals surface area contributed by atoms with Crippen molar-refractivity contribution in [3.63, 3.8) is 0 Å². The third-order valence-electron chi connectivity index (χ3n) is 4.54. The van der Waals surface area contributed by atoms with E-state index in [-0.39, 0.29) is 5.75 Å². The van der Waals surface area contributed by atoms with Gasteiger partial charge in [-0.25, -0.2) is 12.7 Å². The van der Waals surface area contributed by atoms with Crippen LogP contribution in [-0.4, -0.2) is 94.9 Å². The summed E-state index contributed by atoms with van der Waals surface area (Å²) < 4.78 is 30.3. The lowest BCUT2D eigenvalue weighted by Gasteiger charge is -2.37. The Bertz CT molecular complexity index is 400. The second kappa shape index (κ2) is 7.87. The zero-order valence-electron chi connectivity index (χ0n) is 13.3. The molecule has 7 heteroatoms. The number of piperazine rings is 1. The van der Waals surface area contributed by atoms with Gasteiger partial charge in [-0.1, -0.05) is 0 Å². The normalized spacial score (nSPS) is 23.8. The Kier molecular flexibility index (Phi) is 6.43. The maximum Gasteiger partial charge on any atom is 0.214 e. The van der Waals surface area contributed by atoms with E-state index in [1.165, 1.54) is 23.7 Å². The number of hydrogen-bond acceptors (Lipinski definition) is 5. The number of sulfonamides is 1. The summed E-state index contributed by atoms with van der Waals surface area (Å²) in [4.78, 5) is 4.79. The summed E-state index contributed by atoms with van der Waals surface area (Å²) in [6, 6.07) is 0. The molecule has 0 unspecified atom stereocenters. The highest BCUT2D eigenvalue weighted by molar-refractivity contribution is 7.89. The van der Waals surface area contributed by atoms with Gasteiger partial charge in [0.05, 0.1) is 5.75 Å². The highest BCUT2D eigenvalue weighted by Gasteiger charge is 2.23. The standard InChI is InChI=1S/C14H29N3O3S/c1-15(2)21(18,19)12-9-16-5-7-17(8-6-16)13-14-3-10-20-11-4-14/h14H,3-13H2,1-2H3. The Labute approximate surface area is 129 Å². The highest BCUT2D eigenvalue weighted by Crippen LogP contribution is 2.17. The molecule has 0 aromatic carbocycles. The zero-order chi connectivity index (χ0) is 15.3. The molecule has 0 saturated carbocycles. The molecule has 21 heavy (non-hydrogen) atoms. The summed E-state index contributed by atoms with van der Waals surface area (Å²) in [6.45, 7) is 7.70. The Morgan fingerprint density at radius 2 is 1.62 bits per heavy atom. The van der Waals surface area contributed by atoms with Crippen molar-refractivity contribution in [2.45, 2.75) is 12.8 Å². The van der Waals surface area contributed by atoms with Gasteiger partial charge in [0.1, 0.15) is 0 Å². The van der Waals surface area contributed by atoms with Crippen LogP contribution in [0.1, 0.15) is 12.8 Å². The van der Waals surface area contributed by atoms with Gasteiger partial charge in [-0.3, -0.25) is 4.90 Å². The summed E-state index contributed by atoms with van der Waals surface area (Å²) in [5.74, 6) is 0.999. The highest BCUT2D eigenvalue weighted by atomic mass is 32.2. The molecule has 124 valence electrons. The van der Waals surface area contributed by atoms with Crippen molar-refractivity contribution in [2.24, 2.45) is 5.92 Å². The lowest BCUT2D eigenvalue weighted by Crippen LogP contribution is -2.49. The fourth-order valence-electron chi connectivity index (χ4n) is 2.92. The first kappa shape index (κ1) is 17.1. The van der Waals surface area contributed by atoms with Crippen molar-refractivity contribution in [2.75, 3.05) is 72.3 Å². The molecule has 2 aliphatic heterocycles. The third kappa shape index (κ3) is 5.49. The average Bonchev–Trinajstić information content (AvgIpc) is 2.47. The summed E-state index contributed by atoms with van der Waals surface area (Å²) in [7, 11) is 0.127. The molecule has 2 saturated heterocycles. The Morgan fingerprint density at radius 1 is 1.05 bits per heavy atom. The smallest absolute Gasteiger partial charge is 0.214 e. The second-order valence-electron chi connectivity index (χ2n) is 6.30. The molecule has 2 aliphatic rings. The summed E-state index contributed by atoms with van der Waals surface area (Å²) in [5.41, 5.74) is 0. The quantitative estimate of drug-likeness (QED) is 0.685. The monoisotopic (exact) mass is 319 g/mol. The van der Waals surface area contributed by atoms with Crippen LogP contribution in [0.25, 0.3) is 0 Å². The van der Waals surface area contributed by atoms with Gasteiger partial charge in [0.25, 0.3) is 0 Å².